The van der Waals surface area contributed by atoms with Crippen LogP contribution in [0.15, 0.2) is 42.5 Å². The summed E-state index contributed by atoms with van der Waals surface area (Å²) < 4.78 is 0. The number of aromatic nitrogens is 2. The normalized spacial score (nSPS) is 17.7. The Bertz CT molecular complexity index is 778. The highest BCUT2D eigenvalue weighted by molar-refractivity contribution is 5.77. The zero-order chi connectivity index (χ0) is 13.5. The van der Waals surface area contributed by atoms with E-state index in [9.17, 15) is 5.11 Å². The second-order valence-electron chi connectivity index (χ2n) is 5.18. The summed E-state index contributed by atoms with van der Waals surface area (Å²) in [4.78, 5) is 8.03. The van der Waals surface area contributed by atoms with Crippen LogP contribution in [0.3, 0.4) is 0 Å². The quantitative estimate of drug-likeness (QED) is 0.633. The van der Waals surface area contributed by atoms with Crippen LogP contribution in [0.4, 0.5) is 5.69 Å². The summed E-state index contributed by atoms with van der Waals surface area (Å²) in [6, 6.07) is 13.6. The molecule has 0 fully saturated rings. The minimum Gasteiger partial charge on any atom is -0.508 e. The molecule has 0 radical (unpaired) electrons. The Labute approximate surface area is 116 Å². The van der Waals surface area contributed by atoms with Gasteiger partial charge in [-0.05, 0) is 30.2 Å². The number of nitrogens with one attached hydrogen (secondary N) is 2. The van der Waals surface area contributed by atoms with E-state index in [0.29, 0.717) is 0 Å². The Balaban J connectivity index is 1.84. The molecule has 1 atom stereocenters. The summed E-state index contributed by atoms with van der Waals surface area (Å²) in [7, 11) is 0. The number of aromatic amines is 1. The van der Waals surface area contributed by atoms with Crippen LogP contribution in [-0.2, 0) is 0 Å². The fourth-order valence-corrected chi connectivity index (χ4v) is 2.93. The van der Waals surface area contributed by atoms with E-state index in [-0.39, 0.29) is 11.7 Å². The van der Waals surface area contributed by atoms with Crippen LogP contribution in [0.2, 0.25) is 0 Å². The molecule has 1 aliphatic rings. The number of nitrogens with zero attached hydrogens (tertiary/aromatic N) is 1. The van der Waals surface area contributed by atoms with Gasteiger partial charge in [0.1, 0.15) is 11.6 Å². The van der Waals surface area contributed by atoms with Gasteiger partial charge in [-0.3, -0.25) is 0 Å². The average Bonchev–Trinajstić information content (AvgIpc) is 2.89. The first-order valence-electron chi connectivity index (χ1n) is 6.83. The third-order valence-electron chi connectivity index (χ3n) is 3.90. The number of aromatic hydroxyl groups is 1. The van der Waals surface area contributed by atoms with Crippen LogP contribution >= 0.6 is 0 Å². The molecular weight excluding hydrogens is 250 g/mol. The monoisotopic (exact) mass is 265 g/mol. The molecule has 2 heterocycles. The maximum Gasteiger partial charge on any atom is 0.117 e. The fraction of sp³-hybridized carbons (Fsp3) is 0.188. The molecule has 2 aromatic carbocycles. The molecule has 4 nitrogen and oxygen atoms in total. The Morgan fingerprint density at radius 1 is 1.15 bits per heavy atom. The van der Waals surface area contributed by atoms with Gasteiger partial charge in [-0.2, -0.15) is 0 Å². The molecule has 1 unspecified atom stereocenters. The van der Waals surface area contributed by atoms with Crippen molar-refractivity contribution in [2.24, 2.45) is 0 Å². The average molecular weight is 265 g/mol. The molecule has 0 spiro atoms. The van der Waals surface area contributed by atoms with Crippen LogP contribution in [0.5, 0.6) is 5.75 Å². The molecule has 0 aliphatic carbocycles. The minimum atomic E-state index is 0.262. The van der Waals surface area contributed by atoms with Crippen molar-refractivity contribution in [3.63, 3.8) is 0 Å². The highest BCUT2D eigenvalue weighted by Gasteiger charge is 2.23. The Hall–Kier alpha value is -2.49. The van der Waals surface area contributed by atoms with E-state index in [2.05, 4.69) is 33.5 Å². The van der Waals surface area contributed by atoms with Crippen molar-refractivity contribution < 1.29 is 5.11 Å². The first-order valence-corrected chi connectivity index (χ1v) is 6.83. The highest BCUT2D eigenvalue weighted by Crippen LogP contribution is 2.35. The largest absolute Gasteiger partial charge is 0.508 e. The molecule has 0 saturated heterocycles. The smallest absolute Gasteiger partial charge is 0.117 e. The lowest BCUT2D eigenvalue weighted by atomic mass is 9.90. The number of imidazole rings is 1. The fourth-order valence-electron chi connectivity index (χ4n) is 2.93. The van der Waals surface area contributed by atoms with E-state index in [1.165, 1.54) is 11.3 Å². The van der Waals surface area contributed by atoms with Crippen molar-refractivity contribution in [2.45, 2.75) is 12.3 Å². The summed E-state index contributed by atoms with van der Waals surface area (Å²) in [5.41, 5.74) is 4.25. The van der Waals surface area contributed by atoms with Crippen LogP contribution in [0.1, 0.15) is 23.7 Å². The number of benzene rings is 2. The van der Waals surface area contributed by atoms with Gasteiger partial charge in [-0.25, -0.2) is 4.98 Å². The molecule has 4 rings (SSSR count). The SMILES string of the molecule is Oc1ccc2nc(C3CCNc4ccccc43)[nH]c2c1. The number of phenolic OH excluding ortho intramolecular Hbond substituents is 1. The zero-order valence-corrected chi connectivity index (χ0v) is 10.9. The lowest BCUT2D eigenvalue weighted by Gasteiger charge is -2.25. The summed E-state index contributed by atoms with van der Waals surface area (Å²) in [5.74, 6) is 1.51. The first-order chi connectivity index (χ1) is 9.81. The molecule has 0 bridgehead atoms. The lowest BCUT2D eigenvalue weighted by molar-refractivity contribution is 0.476. The maximum absolute atomic E-state index is 9.55. The summed E-state index contributed by atoms with van der Waals surface area (Å²) in [6.45, 7) is 0.948. The number of phenols is 1. The van der Waals surface area contributed by atoms with Gasteiger partial charge < -0.3 is 15.4 Å². The number of H-pyrrole nitrogens is 1. The van der Waals surface area contributed by atoms with Gasteiger partial charge in [0, 0.05) is 24.2 Å². The maximum atomic E-state index is 9.55. The second-order valence-corrected chi connectivity index (χ2v) is 5.18. The first kappa shape index (κ1) is 11.3. The van der Waals surface area contributed by atoms with E-state index in [1.54, 1.807) is 12.1 Å². The molecule has 1 aliphatic heterocycles. The van der Waals surface area contributed by atoms with Gasteiger partial charge in [0.15, 0.2) is 0 Å². The number of rotatable bonds is 1. The summed E-state index contributed by atoms with van der Waals surface area (Å²) in [6.07, 6.45) is 1.02. The Morgan fingerprint density at radius 3 is 3.00 bits per heavy atom. The van der Waals surface area contributed by atoms with Gasteiger partial charge >= 0.3 is 0 Å². The minimum absolute atomic E-state index is 0.262. The molecule has 3 aromatic rings. The van der Waals surface area contributed by atoms with Crippen LogP contribution in [0.25, 0.3) is 11.0 Å². The van der Waals surface area contributed by atoms with E-state index in [0.717, 1.165) is 29.8 Å². The Kier molecular flexibility index (Phi) is 2.42. The van der Waals surface area contributed by atoms with Gasteiger partial charge in [-0.1, -0.05) is 18.2 Å². The highest BCUT2D eigenvalue weighted by atomic mass is 16.3. The predicted molar refractivity (Wildman–Crippen MR) is 79.2 cm³/mol. The van der Waals surface area contributed by atoms with Gasteiger partial charge in [-0.15, -0.1) is 0 Å². The van der Waals surface area contributed by atoms with Crippen molar-refractivity contribution in [3.05, 3.63) is 53.9 Å². The molecule has 0 amide bonds. The molecular formula is C16H15N3O. The van der Waals surface area contributed by atoms with Crippen molar-refractivity contribution in [1.82, 2.24) is 9.97 Å². The van der Waals surface area contributed by atoms with Crippen molar-refractivity contribution in [2.75, 3.05) is 11.9 Å². The molecule has 20 heavy (non-hydrogen) atoms. The number of anilines is 1. The third-order valence-corrected chi connectivity index (χ3v) is 3.90. The molecule has 3 N–H and O–H groups in total. The van der Waals surface area contributed by atoms with Crippen LogP contribution in [-0.4, -0.2) is 21.6 Å². The third kappa shape index (κ3) is 1.72. The number of hydrogen-bond donors (Lipinski definition) is 3. The summed E-state index contributed by atoms with van der Waals surface area (Å²) in [5, 5.41) is 13.0. The van der Waals surface area contributed by atoms with Crippen molar-refractivity contribution >= 4 is 16.7 Å². The van der Waals surface area contributed by atoms with Gasteiger partial charge in [0.2, 0.25) is 0 Å². The molecule has 1 aromatic heterocycles. The molecule has 0 saturated carbocycles. The van der Waals surface area contributed by atoms with Crippen LogP contribution in [0, 0.1) is 0 Å². The van der Waals surface area contributed by atoms with Crippen LogP contribution < -0.4 is 5.32 Å². The van der Waals surface area contributed by atoms with E-state index < -0.39 is 0 Å². The van der Waals surface area contributed by atoms with Crippen molar-refractivity contribution in [3.8, 4) is 5.75 Å². The number of hydrogen-bond acceptors (Lipinski definition) is 3. The zero-order valence-electron chi connectivity index (χ0n) is 10.9. The van der Waals surface area contributed by atoms with E-state index >= 15 is 0 Å². The standard InChI is InChI=1S/C16H15N3O/c20-10-5-6-14-15(9-10)19-16(18-14)12-7-8-17-13-4-2-1-3-11(12)13/h1-6,9,12,17,20H,7-8H2,(H,18,19). The van der Waals surface area contributed by atoms with Crippen molar-refractivity contribution in [1.29, 1.82) is 0 Å². The molecule has 100 valence electrons. The van der Waals surface area contributed by atoms with E-state index in [4.69, 9.17) is 0 Å². The Morgan fingerprint density at radius 2 is 2.05 bits per heavy atom. The molecule has 4 heteroatoms. The van der Waals surface area contributed by atoms with E-state index in [1.807, 2.05) is 12.1 Å². The second kappa shape index (κ2) is 4.27. The number of para-hydroxylation sites is 1. The predicted octanol–water partition coefficient (Wildman–Crippen LogP) is 3.22. The number of fused-ring (bicyclic) bond motifs is 2. The van der Waals surface area contributed by atoms with Gasteiger partial charge in [0.05, 0.1) is 11.0 Å². The topological polar surface area (TPSA) is 60.9 Å². The van der Waals surface area contributed by atoms with Gasteiger partial charge in [0.25, 0.3) is 0 Å². The summed E-state index contributed by atoms with van der Waals surface area (Å²) >= 11 is 0. The lowest BCUT2D eigenvalue weighted by Crippen LogP contribution is -2.18.